The fraction of sp³-hybridized carbons (Fsp3) is 0.818. The predicted octanol–water partition coefficient (Wildman–Crippen LogP) is 0.512. The van der Waals surface area contributed by atoms with Crippen LogP contribution < -0.4 is 0 Å². The van der Waals surface area contributed by atoms with E-state index in [2.05, 4.69) is 0 Å². The third-order valence-corrected chi connectivity index (χ3v) is 5.83. The maximum absolute atomic E-state index is 11.8. The summed E-state index contributed by atoms with van der Waals surface area (Å²) in [6.45, 7) is 0. The van der Waals surface area contributed by atoms with E-state index in [1.54, 1.807) is 0 Å². The summed E-state index contributed by atoms with van der Waals surface area (Å²) in [5.74, 6) is 5.30. The van der Waals surface area contributed by atoms with Gasteiger partial charge in [-0.3, -0.25) is 9.59 Å². The second-order valence-electron chi connectivity index (χ2n) is 5.62. The van der Waals surface area contributed by atoms with Crippen molar-refractivity contribution in [3.05, 3.63) is 0 Å². The number of fused-ring (bicyclic) bond motifs is 1. The molecule has 8 unspecified atom stereocenters. The molecule has 0 aromatic rings. The average Bonchev–Trinajstić information content (AvgIpc) is 2.34. The van der Waals surface area contributed by atoms with Crippen LogP contribution in [0.2, 0.25) is 0 Å². The number of rotatable bonds is 0. The average molecular weight is 174 g/mol. The van der Waals surface area contributed by atoms with Crippen LogP contribution in [0.5, 0.6) is 0 Å². The minimum absolute atomic E-state index is 0.354. The van der Waals surface area contributed by atoms with Crippen molar-refractivity contribution in [2.24, 2.45) is 47.3 Å². The molecule has 0 spiro atoms. The number of Topliss-reactive ketones (excluding diaryl/α,β-unsaturated/α-hetero) is 2. The Morgan fingerprint density at radius 3 is 2.31 bits per heavy atom. The van der Waals surface area contributed by atoms with Gasteiger partial charge in [0.2, 0.25) is 0 Å². The Hall–Kier alpha value is -0.660. The van der Waals surface area contributed by atoms with Crippen LogP contribution in [0.25, 0.3) is 0 Å². The minimum atomic E-state index is 0.354. The Morgan fingerprint density at radius 1 is 0.846 bits per heavy atom. The highest BCUT2D eigenvalue weighted by Crippen LogP contribution is 2.83. The van der Waals surface area contributed by atoms with Crippen LogP contribution in [-0.4, -0.2) is 11.6 Å². The van der Waals surface area contributed by atoms with Gasteiger partial charge in [0.05, 0.1) is 0 Å². The lowest BCUT2D eigenvalue weighted by molar-refractivity contribution is -0.253. The lowest BCUT2D eigenvalue weighted by Gasteiger charge is -2.72. The molecule has 66 valence electrons. The van der Waals surface area contributed by atoms with Gasteiger partial charge in [0.15, 0.2) is 0 Å². The number of carbonyl (C=O) groups excluding carboxylic acids is 2. The standard InChI is InChI=1S/C11H10O2/c12-3-1-2-4-7-6(3)8-5(2)11(13)10(4)9(7)8/h2,4-10H,1H2. The van der Waals surface area contributed by atoms with Crippen molar-refractivity contribution in [2.45, 2.75) is 6.42 Å². The third-order valence-electron chi connectivity index (χ3n) is 5.83. The third kappa shape index (κ3) is 0.323. The Labute approximate surface area is 75.7 Å². The van der Waals surface area contributed by atoms with Crippen LogP contribution >= 0.6 is 0 Å². The lowest BCUT2D eigenvalue weighted by atomic mass is 9.30. The van der Waals surface area contributed by atoms with E-state index in [-0.39, 0.29) is 0 Å². The molecule has 6 rings (SSSR count). The fourth-order valence-corrected chi connectivity index (χ4v) is 5.77. The zero-order valence-electron chi connectivity index (χ0n) is 7.14. The molecule has 0 N–H and O–H groups in total. The molecule has 6 saturated carbocycles. The molecule has 0 amide bonds. The molecule has 6 aliphatic carbocycles. The van der Waals surface area contributed by atoms with Crippen LogP contribution in [-0.2, 0) is 9.59 Å². The normalized spacial score (nSPS) is 74.2. The molecule has 0 aromatic carbocycles. The summed E-state index contributed by atoms with van der Waals surface area (Å²) in [6.07, 6.45) is 0.752. The SMILES string of the molecule is O=C1CC2C3C(=O)C4C2C2C1C3C42. The highest BCUT2D eigenvalue weighted by atomic mass is 16.1. The van der Waals surface area contributed by atoms with E-state index in [4.69, 9.17) is 0 Å². The Kier molecular flexibility index (Phi) is 0.602. The first-order valence-corrected chi connectivity index (χ1v) is 5.37. The predicted molar refractivity (Wildman–Crippen MR) is 42.6 cm³/mol. The van der Waals surface area contributed by atoms with Crippen molar-refractivity contribution >= 4 is 11.6 Å². The summed E-state index contributed by atoms with van der Waals surface area (Å²) in [5.41, 5.74) is 0. The van der Waals surface area contributed by atoms with E-state index >= 15 is 0 Å². The second kappa shape index (κ2) is 1.32. The summed E-state index contributed by atoms with van der Waals surface area (Å²) >= 11 is 0. The highest BCUT2D eigenvalue weighted by molar-refractivity contribution is 5.99. The number of hydrogen-bond donors (Lipinski definition) is 0. The van der Waals surface area contributed by atoms with Crippen LogP contribution in [0, 0.1) is 47.3 Å². The monoisotopic (exact) mass is 174 g/mol. The number of ketones is 2. The fourth-order valence-electron chi connectivity index (χ4n) is 5.77. The first kappa shape index (κ1) is 5.94. The van der Waals surface area contributed by atoms with Gasteiger partial charge in [0, 0.05) is 24.2 Å². The second-order valence-corrected chi connectivity index (χ2v) is 5.62. The summed E-state index contributed by atoms with van der Waals surface area (Å²) in [7, 11) is 0. The molecule has 13 heavy (non-hydrogen) atoms. The van der Waals surface area contributed by atoms with E-state index in [0.29, 0.717) is 58.9 Å². The topological polar surface area (TPSA) is 34.1 Å². The van der Waals surface area contributed by atoms with Crippen molar-refractivity contribution in [3.8, 4) is 0 Å². The van der Waals surface area contributed by atoms with Gasteiger partial charge >= 0.3 is 0 Å². The molecule has 2 heteroatoms. The van der Waals surface area contributed by atoms with Crippen molar-refractivity contribution in [1.29, 1.82) is 0 Å². The molecule has 8 atom stereocenters. The van der Waals surface area contributed by atoms with E-state index in [0.717, 1.165) is 6.42 Å². The first-order valence-electron chi connectivity index (χ1n) is 5.37. The molecular formula is C11H10O2. The minimum Gasteiger partial charge on any atom is -0.299 e. The lowest BCUT2D eigenvalue weighted by Crippen LogP contribution is -2.72. The molecule has 0 aliphatic heterocycles. The Bertz CT molecular complexity index is 384. The van der Waals surface area contributed by atoms with Crippen molar-refractivity contribution < 1.29 is 9.59 Å². The summed E-state index contributed by atoms with van der Waals surface area (Å²) in [5, 5.41) is 0. The van der Waals surface area contributed by atoms with Gasteiger partial charge in [-0.2, -0.15) is 0 Å². The van der Waals surface area contributed by atoms with Gasteiger partial charge in [-0.15, -0.1) is 0 Å². The van der Waals surface area contributed by atoms with Gasteiger partial charge in [-0.25, -0.2) is 0 Å². The van der Waals surface area contributed by atoms with E-state index in [1.165, 1.54) is 0 Å². The molecular weight excluding hydrogens is 164 g/mol. The maximum atomic E-state index is 11.8. The van der Waals surface area contributed by atoms with Gasteiger partial charge in [0.25, 0.3) is 0 Å². The zero-order chi connectivity index (χ0) is 8.48. The summed E-state index contributed by atoms with van der Waals surface area (Å²) in [6, 6.07) is 0. The van der Waals surface area contributed by atoms with Crippen molar-refractivity contribution in [2.75, 3.05) is 0 Å². The molecule has 0 saturated heterocycles. The van der Waals surface area contributed by atoms with Gasteiger partial charge in [-0.05, 0) is 29.6 Å². The van der Waals surface area contributed by atoms with Crippen LogP contribution in [0.15, 0.2) is 0 Å². The quantitative estimate of drug-likeness (QED) is 0.536. The molecule has 6 aliphatic rings. The largest absolute Gasteiger partial charge is 0.299 e. The maximum Gasteiger partial charge on any atom is 0.140 e. The highest BCUT2D eigenvalue weighted by Gasteiger charge is 2.86. The van der Waals surface area contributed by atoms with Crippen LogP contribution in [0.1, 0.15) is 6.42 Å². The van der Waals surface area contributed by atoms with E-state index < -0.39 is 0 Å². The van der Waals surface area contributed by atoms with Crippen LogP contribution in [0.3, 0.4) is 0 Å². The van der Waals surface area contributed by atoms with E-state index in [1.807, 2.05) is 0 Å². The number of carbonyl (C=O) groups is 2. The smallest absolute Gasteiger partial charge is 0.140 e. The van der Waals surface area contributed by atoms with E-state index in [9.17, 15) is 9.59 Å². The Balaban J connectivity index is 1.82. The Morgan fingerprint density at radius 2 is 1.62 bits per heavy atom. The molecule has 0 aromatic heterocycles. The molecule has 2 nitrogen and oxygen atoms in total. The van der Waals surface area contributed by atoms with Crippen molar-refractivity contribution in [3.63, 3.8) is 0 Å². The van der Waals surface area contributed by atoms with Crippen molar-refractivity contribution in [1.82, 2.24) is 0 Å². The molecule has 0 radical (unpaired) electrons. The summed E-state index contributed by atoms with van der Waals surface area (Å²) < 4.78 is 0. The summed E-state index contributed by atoms with van der Waals surface area (Å²) in [4.78, 5) is 23.5. The molecule has 6 fully saturated rings. The first-order chi connectivity index (χ1) is 6.30. The molecule has 0 heterocycles. The zero-order valence-corrected chi connectivity index (χ0v) is 7.14. The van der Waals surface area contributed by atoms with Gasteiger partial charge < -0.3 is 0 Å². The van der Waals surface area contributed by atoms with Crippen LogP contribution in [0.4, 0.5) is 0 Å². The number of hydrogen-bond acceptors (Lipinski definition) is 2. The van der Waals surface area contributed by atoms with Gasteiger partial charge in [-0.1, -0.05) is 0 Å². The van der Waals surface area contributed by atoms with Gasteiger partial charge in [0.1, 0.15) is 11.6 Å². The molecule has 4 bridgehead atoms.